The van der Waals surface area contributed by atoms with Crippen LogP contribution in [0.25, 0.3) is 0 Å². The zero-order chi connectivity index (χ0) is 12.2. The summed E-state index contributed by atoms with van der Waals surface area (Å²) in [6.07, 6.45) is 3.62. The van der Waals surface area contributed by atoms with E-state index in [9.17, 15) is 0 Å². The van der Waals surface area contributed by atoms with Gasteiger partial charge in [0.15, 0.2) is 0 Å². The van der Waals surface area contributed by atoms with Crippen LogP contribution < -0.4 is 5.73 Å². The monoisotopic (exact) mass is 232 g/mol. The molecule has 1 unspecified atom stereocenters. The van der Waals surface area contributed by atoms with Gasteiger partial charge >= 0.3 is 0 Å². The Balaban J connectivity index is 4.06. The molecule has 0 aliphatic carbocycles. The van der Waals surface area contributed by atoms with Crippen molar-refractivity contribution < 1.29 is 9.47 Å². The summed E-state index contributed by atoms with van der Waals surface area (Å²) in [5.74, 6) is 0. The first-order valence-corrected chi connectivity index (χ1v) is 6.22. The molecule has 1 atom stereocenters. The molecule has 0 aliphatic heterocycles. The Morgan fingerprint density at radius 3 is 2.06 bits per heavy atom. The van der Waals surface area contributed by atoms with E-state index in [0.29, 0.717) is 12.6 Å². The maximum atomic E-state index is 5.83. The molecule has 0 rings (SSSR count). The van der Waals surface area contributed by atoms with Crippen LogP contribution in [0.1, 0.15) is 26.2 Å². The van der Waals surface area contributed by atoms with Gasteiger partial charge in [-0.2, -0.15) is 0 Å². The van der Waals surface area contributed by atoms with E-state index in [1.165, 1.54) is 19.3 Å². The predicted octanol–water partition coefficient (Wildman–Crippen LogP) is 1.10. The minimum Gasteiger partial charge on any atom is -0.383 e. The number of rotatable bonds is 11. The largest absolute Gasteiger partial charge is 0.383 e. The Hall–Kier alpha value is -0.160. The Morgan fingerprint density at radius 2 is 1.69 bits per heavy atom. The molecule has 0 aromatic rings. The van der Waals surface area contributed by atoms with E-state index in [-0.39, 0.29) is 0 Å². The molecular weight excluding hydrogens is 204 g/mol. The third-order valence-corrected chi connectivity index (χ3v) is 2.84. The standard InChI is InChI=1S/C12H28N2O2/c1-4-5-6-12(11-13)14(7-9-15-2)8-10-16-3/h12H,4-11,13H2,1-3H3. The molecule has 0 aromatic carbocycles. The lowest BCUT2D eigenvalue weighted by molar-refractivity contribution is 0.0857. The van der Waals surface area contributed by atoms with Crippen molar-refractivity contribution in [2.24, 2.45) is 5.73 Å². The van der Waals surface area contributed by atoms with Crippen molar-refractivity contribution >= 4 is 0 Å². The van der Waals surface area contributed by atoms with Crippen molar-refractivity contribution in [3.8, 4) is 0 Å². The van der Waals surface area contributed by atoms with Gasteiger partial charge in [-0.3, -0.25) is 4.90 Å². The summed E-state index contributed by atoms with van der Waals surface area (Å²) < 4.78 is 10.3. The van der Waals surface area contributed by atoms with Gasteiger partial charge in [-0.25, -0.2) is 0 Å². The average Bonchev–Trinajstić information content (AvgIpc) is 2.32. The van der Waals surface area contributed by atoms with Gasteiger partial charge in [0.1, 0.15) is 0 Å². The molecule has 0 spiro atoms. The lowest BCUT2D eigenvalue weighted by Gasteiger charge is -2.30. The van der Waals surface area contributed by atoms with Gasteiger partial charge in [0, 0.05) is 39.9 Å². The topological polar surface area (TPSA) is 47.7 Å². The molecule has 0 radical (unpaired) electrons. The highest BCUT2D eigenvalue weighted by Crippen LogP contribution is 2.07. The molecule has 0 saturated carbocycles. The molecular formula is C12H28N2O2. The van der Waals surface area contributed by atoms with Crippen molar-refractivity contribution in [2.45, 2.75) is 32.2 Å². The van der Waals surface area contributed by atoms with Crippen LogP contribution in [-0.4, -0.2) is 58.0 Å². The number of hydrogen-bond donors (Lipinski definition) is 1. The Kier molecular flexibility index (Phi) is 11.2. The summed E-state index contributed by atoms with van der Waals surface area (Å²) in [6.45, 7) is 6.31. The summed E-state index contributed by atoms with van der Waals surface area (Å²) in [4.78, 5) is 2.38. The normalized spacial score (nSPS) is 13.3. The van der Waals surface area contributed by atoms with Crippen LogP contribution in [0.2, 0.25) is 0 Å². The summed E-state index contributed by atoms with van der Waals surface area (Å²) in [6, 6.07) is 0.463. The second-order valence-electron chi connectivity index (χ2n) is 4.05. The molecule has 0 aliphatic rings. The minimum atomic E-state index is 0.463. The van der Waals surface area contributed by atoms with Crippen LogP contribution in [0, 0.1) is 0 Å². The number of ether oxygens (including phenoxy) is 2. The van der Waals surface area contributed by atoms with E-state index >= 15 is 0 Å². The van der Waals surface area contributed by atoms with E-state index in [1.54, 1.807) is 14.2 Å². The van der Waals surface area contributed by atoms with Crippen LogP contribution in [0.15, 0.2) is 0 Å². The quantitative estimate of drug-likeness (QED) is 0.579. The van der Waals surface area contributed by atoms with Crippen LogP contribution >= 0.6 is 0 Å². The Labute approximate surface area is 100 Å². The lowest BCUT2D eigenvalue weighted by atomic mass is 10.1. The van der Waals surface area contributed by atoms with Crippen molar-refractivity contribution in [1.29, 1.82) is 0 Å². The summed E-state index contributed by atoms with van der Waals surface area (Å²) >= 11 is 0. The van der Waals surface area contributed by atoms with Gasteiger partial charge < -0.3 is 15.2 Å². The zero-order valence-electron chi connectivity index (χ0n) is 11.1. The summed E-state index contributed by atoms with van der Waals surface area (Å²) in [5, 5.41) is 0. The molecule has 2 N–H and O–H groups in total. The van der Waals surface area contributed by atoms with Gasteiger partial charge in [-0.15, -0.1) is 0 Å². The second kappa shape index (κ2) is 11.3. The molecule has 0 bridgehead atoms. The van der Waals surface area contributed by atoms with Crippen LogP contribution in [0.5, 0.6) is 0 Å². The van der Waals surface area contributed by atoms with Crippen molar-refractivity contribution in [1.82, 2.24) is 4.90 Å². The summed E-state index contributed by atoms with van der Waals surface area (Å²) in [5.41, 5.74) is 5.83. The number of nitrogens with two attached hydrogens (primary N) is 1. The average molecular weight is 232 g/mol. The van der Waals surface area contributed by atoms with E-state index in [0.717, 1.165) is 26.3 Å². The van der Waals surface area contributed by atoms with Gasteiger partial charge in [0.05, 0.1) is 13.2 Å². The number of hydrogen-bond acceptors (Lipinski definition) is 4. The fourth-order valence-electron chi connectivity index (χ4n) is 1.78. The fourth-order valence-corrected chi connectivity index (χ4v) is 1.78. The molecule has 0 saturated heterocycles. The molecule has 16 heavy (non-hydrogen) atoms. The summed E-state index contributed by atoms with van der Waals surface area (Å²) in [7, 11) is 3.47. The van der Waals surface area contributed by atoms with Crippen molar-refractivity contribution in [3.63, 3.8) is 0 Å². The van der Waals surface area contributed by atoms with E-state index in [1.807, 2.05) is 0 Å². The maximum Gasteiger partial charge on any atom is 0.0589 e. The van der Waals surface area contributed by atoms with Gasteiger partial charge in [-0.05, 0) is 6.42 Å². The number of nitrogens with zero attached hydrogens (tertiary/aromatic N) is 1. The van der Waals surface area contributed by atoms with Gasteiger partial charge in [0.25, 0.3) is 0 Å². The molecule has 0 aromatic heterocycles. The third kappa shape index (κ3) is 7.17. The molecule has 4 nitrogen and oxygen atoms in total. The minimum absolute atomic E-state index is 0.463. The van der Waals surface area contributed by atoms with Crippen molar-refractivity contribution in [2.75, 3.05) is 47.1 Å². The fraction of sp³-hybridized carbons (Fsp3) is 1.00. The van der Waals surface area contributed by atoms with E-state index in [2.05, 4.69) is 11.8 Å². The molecule has 0 amide bonds. The third-order valence-electron chi connectivity index (χ3n) is 2.84. The zero-order valence-corrected chi connectivity index (χ0v) is 11.1. The Morgan fingerprint density at radius 1 is 1.12 bits per heavy atom. The van der Waals surface area contributed by atoms with E-state index in [4.69, 9.17) is 15.2 Å². The first kappa shape index (κ1) is 15.8. The van der Waals surface area contributed by atoms with Gasteiger partial charge in [0.2, 0.25) is 0 Å². The lowest BCUT2D eigenvalue weighted by Crippen LogP contribution is -2.44. The van der Waals surface area contributed by atoms with E-state index < -0.39 is 0 Å². The SMILES string of the molecule is CCCCC(CN)N(CCOC)CCOC. The maximum absolute atomic E-state index is 5.83. The highest BCUT2D eigenvalue weighted by atomic mass is 16.5. The number of unbranched alkanes of at least 4 members (excludes halogenated alkanes) is 1. The molecule has 0 fully saturated rings. The van der Waals surface area contributed by atoms with Crippen molar-refractivity contribution in [3.05, 3.63) is 0 Å². The second-order valence-corrected chi connectivity index (χ2v) is 4.05. The highest BCUT2D eigenvalue weighted by Gasteiger charge is 2.15. The molecule has 4 heteroatoms. The first-order chi connectivity index (χ1) is 7.79. The first-order valence-electron chi connectivity index (χ1n) is 6.22. The predicted molar refractivity (Wildman–Crippen MR) is 67.7 cm³/mol. The van der Waals surface area contributed by atoms with Crippen LogP contribution in [-0.2, 0) is 9.47 Å². The van der Waals surface area contributed by atoms with Crippen LogP contribution in [0.4, 0.5) is 0 Å². The molecule has 0 heterocycles. The van der Waals surface area contributed by atoms with Gasteiger partial charge in [-0.1, -0.05) is 19.8 Å². The Bertz CT molecular complexity index is 137. The number of methoxy groups -OCH3 is 2. The highest BCUT2D eigenvalue weighted by molar-refractivity contribution is 4.72. The molecule has 98 valence electrons. The smallest absolute Gasteiger partial charge is 0.0589 e. The van der Waals surface area contributed by atoms with Crippen LogP contribution in [0.3, 0.4) is 0 Å².